The molecule has 0 aromatic heterocycles. The van der Waals surface area contributed by atoms with Crippen LogP contribution >= 0.6 is 0 Å². The van der Waals surface area contributed by atoms with Crippen LogP contribution in [0.25, 0.3) is 0 Å². The largest absolute Gasteiger partial charge is 0.378 e. The minimum Gasteiger partial charge on any atom is -0.378 e. The summed E-state index contributed by atoms with van der Waals surface area (Å²) in [5.41, 5.74) is 3.60. The van der Waals surface area contributed by atoms with Crippen molar-refractivity contribution >= 4 is 27.3 Å². The Bertz CT molecular complexity index is 1330. The summed E-state index contributed by atoms with van der Waals surface area (Å²) >= 11 is 0. The highest BCUT2D eigenvalue weighted by Gasteiger charge is 2.40. The Morgan fingerprint density at radius 1 is 1.05 bits per heavy atom. The predicted molar refractivity (Wildman–Crippen MR) is 159 cm³/mol. The fraction of sp³-hybridized carbons (Fsp3) is 0.548. The highest BCUT2D eigenvalue weighted by atomic mass is 32.2. The minimum atomic E-state index is -3.32. The van der Waals surface area contributed by atoms with Crippen molar-refractivity contribution in [3.63, 3.8) is 0 Å². The van der Waals surface area contributed by atoms with Gasteiger partial charge in [0, 0.05) is 36.6 Å². The van der Waals surface area contributed by atoms with Crippen molar-refractivity contribution < 1.29 is 22.7 Å². The quantitative estimate of drug-likeness (QED) is 0.493. The monoisotopic (exact) mass is 582 g/mol. The molecule has 2 aromatic rings. The molecule has 2 amide bonds. The van der Waals surface area contributed by atoms with E-state index in [0.29, 0.717) is 43.5 Å². The molecule has 2 heterocycles. The van der Waals surface area contributed by atoms with Crippen LogP contribution in [0.1, 0.15) is 47.7 Å². The molecule has 2 aliphatic heterocycles. The van der Waals surface area contributed by atoms with Gasteiger partial charge in [0.2, 0.25) is 5.91 Å². The second-order valence-electron chi connectivity index (χ2n) is 11.4. The fourth-order valence-electron chi connectivity index (χ4n) is 6.58. The van der Waals surface area contributed by atoms with Gasteiger partial charge in [-0.3, -0.25) is 14.5 Å². The van der Waals surface area contributed by atoms with Crippen molar-refractivity contribution in [2.24, 2.45) is 5.92 Å². The van der Waals surface area contributed by atoms with Crippen LogP contribution in [0.3, 0.4) is 0 Å². The number of fused-ring (bicyclic) bond motifs is 1. The highest BCUT2D eigenvalue weighted by Crippen LogP contribution is 2.32. The minimum absolute atomic E-state index is 0.135. The van der Waals surface area contributed by atoms with Crippen LogP contribution < -0.4 is 10.6 Å². The molecule has 2 N–H and O–H groups in total. The van der Waals surface area contributed by atoms with E-state index in [2.05, 4.69) is 34.6 Å². The van der Waals surface area contributed by atoms with Crippen LogP contribution in [0.5, 0.6) is 0 Å². The van der Waals surface area contributed by atoms with Crippen molar-refractivity contribution in [3.8, 4) is 0 Å². The summed E-state index contributed by atoms with van der Waals surface area (Å²) in [4.78, 5) is 31.6. The number of hydrogen-bond donors (Lipinski definition) is 2. The Morgan fingerprint density at radius 3 is 2.41 bits per heavy atom. The van der Waals surface area contributed by atoms with E-state index in [1.54, 1.807) is 0 Å². The summed E-state index contributed by atoms with van der Waals surface area (Å²) in [6, 6.07) is 12.2. The molecule has 9 nitrogen and oxygen atoms in total. The van der Waals surface area contributed by atoms with Gasteiger partial charge >= 0.3 is 0 Å². The molecule has 3 aliphatic rings. The number of piperidine rings is 1. The molecule has 2 aromatic carbocycles. The van der Waals surface area contributed by atoms with E-state index in [-0.39, 0.29) is 28.8 Å². The number of sulfone groups is 1. The lowest BCUT2D eigenvalue weighted by atomic mass is 9.83. The Morgan fingerprint density at radius 2 is 1.76 bits per heavy atom. The van der Waals surface area contributed by atoms with Gasteiger partial charge in [-0.2, -0.15) is 0 Å². The first kappa shape index (κ1) is 29.7. The number of morpholine rings is 1. The summed E-state index contributed by atoms with van der Waals surface area (Å²) < 4.78 is 29.0. The lowest BCUT2D eigenvalue weighted by Gasteiger charge is -2.45. The molecule has 0 saturated carbocycles. The van der Waals surface area contributed by atoms with Crippen LogP contribution in [0.2, 0.25) is 0 Å². The van der Waals surface area contributed by atoms with Gasteiger partial charge in [-0.15, -0.1) is 0 Å². The maximum atomic E-state index is 14.0. The normalized spacial score (nSPS) is 20.9. The standard InChI is InChI=1S/C31H42N4O5S/c1-3-35(29(23-12-14-32-15-13-23)31(37)34-16-18-40-19-17-34)27-9-5-22-4-8-26(20-25(22)21-27)33-30(36)24-6-10-28(11-7-24)41(2,38)39/h4,6-8,10-11,20,23,27,29,32H,3,5,9,12-19,21H2,1-2H3,(H,33,36). The lowest BCUT2D eigenvalue weighted by Crippen LogP contribution is -2.59. The average Bonchev–Trinajstić information content (AvgIpc) is 2.99. The molecule has 0 radical (unpaired) electrons. The van der Waals surface area contributed by atoms with Crippen LogP contribution in [0, 0.1) is 5.92 Å². The fourth-order valence-corrected chi connectivity index (χ4v) is 7.21. The maximum absolute atomic E-state index is 14.0. The van der Waals surface area contributed by atoms with E-state index in [4.69, 9.17) is 4.74 Å². The molecule has 222 valence electrons. The van der Waals surface area contributed by atoms with Gasteiger partial charge in [0.1, 0.15) is 0 Å². The summed E-state index contributed by atoms with van der Waals surface area (Å²) in [6.07, 6.45) is 5.91. The molecular formula is C31H42N4O5S. The first-order valence-corrected chi connectivity index (χ1v) is 16.7. The van der Waals surface area contributed by atoms with Crippen molar-refractivity contribution in [3.05, 3.63) is 59.2 Å². The SMILES string of the molecule is CCN(C1CCc2ccc(NC(=O)c3ccc(S(C)(=O)=O)cc3)cc2C1)C(C(=O)N1CCOCC1)C1CCNCC1. The maximum Gasteiger partial charge on any atom is 0.255 e. The first-order chi connectivity index (χ1) is 19.7. The molecule has 2 fully saturated rings. The van der Waals surface area contributed by atoms with Gasteiger partial charge < -0.3 is 20.3 Å². The molecule has 1 aliphatic carbocycles. The molecule has 5 rings (SSSR count). The lowest BCUT2D eigenvalue weighted by molar-refractivity contribution is -0.145. The van der Waals surface area contributed by atoms with Crippen LogP contribution in [-0.2, 0) is 32.2 Å². The number of ether oxygens (including phenoxy) is 1. The van der Waals surface area contributed by atoms with Gasteiger partial charge in [0.05, 0.1) is 24.2 Å². The molecular weight excluding hydrogens is 540 g/mol. The van der Waals surface area contributed by atoms with Crippen LogP contribution in [-0.4, -0.2) is 94.3 Å². The molecule has 41 heavy (non-hydrogen) atoms. The summed E-state index contributed by atoms with van der Waals surface area (Å²) in [7, 11) is -3.32. The van der Waals surface area contributed by atoms with Crippen LogP contribution in [0.15, 0.2) is 47.4 Å². The second kappa shape index (κ2) is 13.0. The zero-order valence-corrected chi connectivity index (χ0v) is 24.9. The summed E-state index contributed by atoms with van der Waals surface area (Å²) in [6.45, 7) is 7.39. The van der Waals surface area contributed by atoms with Crippen molar-refractivity contribution in [2.75, 3.05) is 57.5 Å². The molecule has 2 saturated heterocycles. The van der Waals surface area contributed by atoms with Crippen molar-refractivity contribution in [1.82, 2.24) is 15.1 Å². The zero-order valence-electron chi connectivity index (χ0n) is 24.1. The number of rotatable bonds is 8. The summed E-state index contributed by atoms with van der Waals surface area (Å²) in [5, 5.41) is 6.43. The average molecular weight is 583 g/mol. The highest BCUT2D eigenvalue weighted by molar-refractivity contribution is 7.90. The Labute approximate surface area is 243 Å². The van der Waals surface area contributed by atoms with E-state index < -0.39 is 9.84 Å². The topological polar surface area (TPSA) is 108 Å². The molecule has 0 bridgehead atoms. The number of amides is 2. The number of hydrogen-bond acceptors (Lipinski definition) is 7. The predicted octanol–water partition coefficient (Wildman–Crippen LogP) is 2.75. The number of nitrogens with zero attached hydrogens (tertiary/aromatic N) is 2. The smallest absolute Gasteiger partial charge is 0.255 e. The zero-order chi connectivity index (χ0) is 29.0. The van der Waals surface area contributed by atoms with Gasteiger partial charge in [0.25, 0.3) is 5.91 Å². The molecule has 10 heteroatoms. The number of carbonyl (C=O) groups is 2. The second-order valence-corrected chi connectivity index (χ2v) is 13.4. The van der Waals surface area contributed by atoms with E-state index in [9.17, 15) is 18.0 Å². The van der Waals surface area contributed by atoms with Gasteiger partial charge in [-0.1, -0.05) is 13.0 Å². The third-order valence-electron chi connectivity index (χ3n) is 8.81. The van der Waals surface area contributed by atoms with Crippen molar-refractivity contribution in [1.29, 1.82) is 0 Å². The molecule has 0 spiro atoms. The third-order valence-corrected chi connectivity index (χ3v) is 9.94. The number of nitrogens with one attached hydrogen (secondary N) is 2. The summed E-state index contributed by atoms with van der Waals surface area (Å²) in [5.74, 6) is 0.290. The first-order valence-electron chi connectivity index (χ1n) is 14.8. The van der Waals surface area contributed by atoms with Crippen molar-refractivity contribution in [2.45, 2.75) is 56.0 Å². The Hall–Kier alpha value is -2.79. The third kappa shape index (κ3) is 6.99. The van der Waals surface area contributed by atoms with E-state index in [1.165, 1.54) is 35.4 Å². The van der Waals surface area contributed by atoms with Crippen LogP contribution in [0.4, 0.5) is 5.69 Å². The Balaban J connectivity index is 1.32. The van der Waals surface area contributed by atoms with Gasteiger partial charge in [0.15, 0.2) is 9.84 Å². The number of likely N-dealkylation sites (N-methyl/N-ethyl adjacent to an activating group) is 1. The van der Waals surface area contributed by atoms with E-state index in [1.807, 2.05) is 11.0 Å². The number of aryl methyl sites for hydroxylation is 1. The Kier molecular flexibility index (Phi) is 9.43. The van der Waals surface area contributed by atoms with Gasteiger partial charge in [-0.25, -0.2) is 8.42 Å². The number of benzene rings is 2. The van der Waals surface area contributed by atoms with E-state index in [0.717, 1.165) is 58.0 Å². The number of carbonyl (C=O) groups excluding carboxylic acids is 2. The molecule has 2 atom stereocenters. The van der Waals surface area contributed by atoms with Gasteiger partial charge in [-0.05, 0) is 105 Å². The number of anilines is 1. The van der Waals surface area contributed by atoms with E-state index >= 15 is 0 Å². The molecule has 2 unspecified atom stereocenters.